The van der Waals surface area contributed by atoms with Gasteiger partial charge < -0.3 is 15.1 Å². The van der Waals surface area contributed by atoms with Crippen LogP contribution < -0.4 is 15.1 Å². The topological polar surface area (TPSA) is 44.3 Å². The van der Waals surface area contributed by atoms with Crippen LogP contribution in [0.1, 0.15) is 45.2 Å². The van der Waals surface area contributed by atoms with Crippen LogP contribution in [0.5, 0.6) is 0 Å². The molecule has 0 spiro atoms. The fourth-order valence-corrected chi connectivity index (χ4v) is 4.14. The maximum absolute atomic E-state index is 4.79. The Morgan fingerprint density at radius 2 is 1.39 bits per heavy atom. The smallest absolute Gasteiger partial charge is 0.227 e. The van der Waals surface area contributed by atoms with Gasteiger partial charge in [-0.15, -0.1) is 0 Å². The van der Waals surface area contributed by atoms with E-state index in [4.69, 9.17) is 4.98 Å². The first-order valence-corrected chi connectivity index (χ1v) is 10.8. The van der Waals surface area contributed by atoms with Crippen molar-refractivity contribution in [1.29, 1.82) is 0 Å². The summed E-state index contributed by atoms with van der Waals surface area (Å²) in [5.74, 6) is 3.39. The predicted molar refractivity (Wildman–Crippen MR) is 118 cm³/mol. The first-order valence-electron chi connectivity index (χ1n) is 10.8. The molecule has 4 rings (SSSR count). The Morgan fingerprint density at radius 3 is 2.00 bits per heavy atom. The molecule has 3 heterocycles. The van der Waals surface area contributed by atoms with Gasteiger partial charge in [-0.2, -0.15) is 4.98 Å². The molecule has 1 N–H and O–H groups in total. The molecule has 2 saturated heterocycles. The second-order valence-corrected chi connectivity index (χ2v) is 8.71. The second-order valence-electron chi connectivity index (χ2n) is 8.71. The van der Waals surface area contributed by atoms with Crippen LogP contribution in [0.15, 0.2) is 30.3 Å². The van der Waals surface area contributed by atoms with Crippen LogP contribution in [-0.4, -0.2) is 36.1 Å². The molecule has 0 saturated carbocycles. The number of aryl methyl sites for hydroxylation is 1. The van der Waals surface area contributed by atoms with Crippen molar-refractivity contribution in [2.45, 2.75) is 46.5 Å². The van der Waals surface area contributed by atoms with Crippen LogP contribution in [-0.2, 0) is 0 Å². The maximum Gasteiger partial charge on any atom is 0.227 e. The highest BCUT2D eigenvalue weighted by molar-refractivity contribution is 5.62. The minimum atomic E-state index is 0.806. The summed E-state index contributed by atoms with van der Waals surface area (Å²) in [5.41, 5.74) is 3.40. The van der Waals surface area contributed by atoms with Gasteiger partial charge in [0.15, 0.2) is 0 Å². The SMILES string of the molecule is Cc1cc(Nc2ccc(N3CCC(C)CC3)cc2)nc(N2CCC(C)CC2)n1. The van der Waals surface area contributed by atoms with E-state index < -0.39 is 0 Å². The van der Waals surface area contributed by atoms with E-state index in [9.17, 15) is 0 Å². The molecular formula is C23H33N5. The van der Waals surface area contributed by atoms with E-state index in [1.807, 2.05) is 13.0 Å². The Labute approximate surface area is 169 Å². The largest absolute Gasteiger partial charge is 0.372 e. The lowest BCUT2D eigenvalue weighted by atomic mass is 9.99. The number of hydrogen-bond donors (Lipinski definition) is 1. The third-order valence-corrected chi connectivity index (χ3v) is 6.20. The number of piperidine rings is 2. The van der Waals surface area contributed by atoms with Gasteiger partial charge in [-0.1, -0.05) is 13.8 Å². The predicted octanol–water partition coefficient (Wildman–Crippen LogP) is 5.00. The first-order chi connectivity index (χ1) is 13.6. The fraction of sp³-hybridized carbons (Fsp3) is 0.565. The zero-order valence-electron chi connectivity index (χ0n) is 17.5. The molecule has 28 heavy (non-hydrogen) atoms. The van der Waals surface area contributed by atoms with E-state index in [0.717, 1.165) is 61.2 Å². The number of nitrogens with zero attached hydrogens (tertiary/aromatic N) is 4. The fourth-order valence-electron chi connectivity index (χ4n) is 4.14. The molecule has 2 aromatic rings. The Bertz CT molecular complexity index is 772. The summed E-state index contributed by atoms with van der Waals surface area (Å²) >= 11 is 0. The molecule has 5 nitrogen and oxygen atoms in total. The highest BCUT2D eigenvalue weighted by atomic mass is 15.3. The van der Waals surface area contributed by atoms with Crippen molar-refractivity contribution in [3.63, 3.8) is 0 Å². The van der Waals surface area contributed by atoms with Crippen LogP contribution in [0, 0.1) is 18.8 Å². The molecule has 0 radical (unpaired) electrons. The molecule has 1 aromatic heterocycles. The van der Waals surface area contributed by atoms with Gasteiger partial charge in [0.2, 0.25) is 5.95 Å². The van der Waals surface area contributed by atoms with Gasteiger partial charge in [-0.05, 0) is 68.7 Å². The summed E-state index contributed by atoms with van der Waals surface area (Å²) < 4.78 is 0. The summed E-state index contributed by atoms with van der Waals surface area (Å²) in [6.45, 7) is 11.2. The Hall–Kier alpha value is -2.30. The molecule has 1 aromatic carbocycles. The van der Waals surface area contributed by atoms with Crippen LogP contribution in [0.25, 0.3) is 0 Å². The van der Waals surface area contributed by atoms with Crippen molar-refractivity contribution in [2.24, 2.45) is 11.8 Å². The van der Waals surface area contributed by atoms with E-state index in [0.29, 0.717) is 0 Å². The van der Waals surface area contributed by atoms with Crippen LogP contribution >= 0.6 is 0 Å². The molecule has 0 aliphatic carbocycles. The number of nitrogens with one attached hydrogen (secondary N) is 1. The first kappa shape index (κ1) is 19.0. The standard InChI is InChI=1S/C23H33N5/c1-17-8-12-27(13-9-17)21-6-4-20(5-7-21)25-22-16-19(3)24-23(26-22)28-14-10-18(2)11-15-28/h4-7,16-18H,8-15H2,1-3H3,(H,24,25,26). The van der Waals surface area contributed by atoms with Crippen molar-refractivity contribution in [3.05, 3.63) is 36.0 Å². The van der Waals surface area contributed by atoms with Gasteiger partial charge in [0.25, 0.3) is 0 Å². The molecule has 5 heteroatoms. The lowest BCUT2D eigenvalue weighted by Gasteiger charge is -2.32. The lowest BCUT2D eigenvalue weighted by Crippen LogP contribution is -2.34. The highest BCUT2D eigenvalue weighted by Crippen LogP contribution is 2.26. The monoisotopic (exact) mass is 379 g/mol. The van der Waals surface area contributed by atoms with Gasteiger partial charge in [0.05, 0.1) is 0 Å². The van der Waals surface area contributed by atoms with Crippen LogP contribution in [0.3, 0.4) is 0 Å². The number of rotatable bonds is 4. The molecular weight excluding hydrogens is 346 g/mol. The van der Waals surface area contributed by atoms with Crippen molar-refractivity contribution >= 4 is 23.1 Å². The molecule has 2 aliphatic rings. The summed E-state index contributed by atoms with van der Waals surface area (Å²) in [7, 11) is 0. The van der Waals surface area contributed by atoms with Gasteiger partial charge in [0, 0.05) is 49.3 Å². The van der Waals surface area contributed by atoms with Crippen molar-refractivity contribution in [2.75, 3.05) is 41.3 Å². The molecule has 0 unspecified atom stereocenters. The third-order valence-electron chi connectivity index (χ3n) is 6.20. The number of aromatic nitrogens is 2. The summed E-state index contributed by atoms with van der Waals surface area (Å²) in [6, 6.07) is 10.8. The van der Waals surface area contributed by atoms with Gasteiger partial charge in [-0.25, -0.2) is 4.98 Å². The van der Waals surface area contributed by atoms with E-state index in [-0.39, 0.29) is 0 Å². The number of benzene rings is 1. The summed E-state index contributed by atoms with van der Waals surface area (Å²) in [4.78, 5) is 14.3. The van der Waals surface area contributed by atoms with Crippen molar-refractivity contribution < 1.29 is 0 Å². The van der Waals surface area contributed by atoms with Crippen molar-refractivity contribution in [1.82, 2.24) is 9.97 Å². The Kier molecular flexibility index (Phi) is 5.69. The Balaban J connectivity index is 1.43. The highest BCUT2D eigenvalue weighted by Gasteiger charge is 2.19. The van der Waals surface area contributed by atoms with Gasteiger partial charge >= 0.3 is 0 Å². The molecule has 2 fully saturated rings. The second kappa shape index (κ2) is 8.38. The van der Waals surface area contributed by atoms with Gasteiger partial charge in [0.1, 0.15) is 5.82 Å². The average molecular weight is 380 g/mol. The normalized spacial score (nSPS) is 19.1. The molecule has 150 valence electrons. The van der Waals surface area contributed by atoms with Crippen molar-refractivity contribution in [3.8, 4) is 0 Å². The number of anilines is 4. The lowest BCUT2D eigenvalue weighted by molar-refractivity contribution is 0.434. The molecule has 0 amide bonds. The molecule has 2 aliphatic heterocycles. The molecule has 0 bridgehead atoms. The minimum Gasteiger partial charge on any atom is -0.372 e. The Morgan fingerprint density at radius 1 is 0.821 bits per heavy atom. The average Bonchev–Trinajstić information content (AvgIpc) is 2.69. The summed E-state index contributed by atoms with van der Waals surface area (Å²) in [6.07, 6.45) is 5.02. The van der Waals surface area contributed by atoms with Gasteiger partial charge in [-0.3, -0.25) is 0 Å². The van der Waals surface area contributed by atoms with Crippen LogP contribution in [0.4, 0.5) is 23.1 Å². The maximum atomic E-state index is 4.79. The summed E-state index contributed by atoms with van der Waals surface area (Å²) in [5, 5.41) is 3.47. The number of hydrogen-bond acceptors (Lipinski definition) is 5. The molecule has 0 atom stereocenters. The third kappa shape index (κ3) is 4.57. The van der Waals surface area contributed by atoms with E-state index in [1.165, 1.54) is 31.4 Å². The van der Waals surface area contributed by atoms with E-state index in [1.54, 1.807) is 0 Å². The van der Waals surface area contributed by atoms with E-state index >= 15 is 0 Å². The minimum absolute atomic E-state index is 0.806. The zero-order chi connectivity index (χ0) is 19.5. The zero-order valence-corrected chi connectivity index (χ0v) is 17.5. The van der Waals surface area contributed by atoms with E-state index in [2.05, 4.69) is 58.2 Å². The van der Waals surface area contributed by atoms with Crippen LogP contribution in [0.2, 0.25) is 0 Å². The quantitative estimate of drug-likeness (QED) is 0.810.